The number of allylic oxidation sites excluding steroid dienone is 5. The van der Waals surface area contributed by atoms with Crippen LogP contribution < -0.4 is 23.5 Å². The van der Waals surface area contributed by atoms with Crippen LogP contribution in [0.2, 0.25) is 0 Å². The van der Waals surface area contributed by atoms with E-state index in [1.54, 1.807) is 0 Å². The van der Waals surface area contributed by atoms with Crippen LogP contribution in [0, 0.1) is 10.2 Å². The third-order valence-electron chi connectivity index (χ3n) is 6.43. The molecule has 0 saturated carbocycles. The van der Waals surface area contributed by atoms with Gasteiger partial charge in [0.15, 0.2) is 0 Å². The lowest BCUT2D eigenvalue weighted by Crippen LogP contribution is -2.68. The largest absolute Gasteiger partial charge is 0.378 e. The Morgan fingerprint density at radius 1 is 0.775 bits per heavy atom. The summed E-state index contributed by atoms with van der Waals surface area (Å²) in [5.74, 6) is 0. The van der Waals surface area contributed by atoms with E-state index in [2.05, 4.69) is 127 Å². The third kappa shape index (κ3) is 6.94. The van der Waals surface area contributed by atoms with Crippen LogP contribution in [0.5, 0.6) is 0 Å². The summed E-state index contributed by atoms with van der Waals surface area (Å²) in [6, 6.07) is 28.2. The molecule has 40 heavy (non-hydrogen) atoms. The van der Waals surface area contributed by atoms with Crippen molar-refractivity contribution in [1.82, 2.24) is 0 Å². The minimum absolute atomic E-state index is 0.178. The van der Waals surface area contributed by atoms with E-state index in [1.165, 1.54) is 36.4 Å². The average molecular weight is 592 g/mol. The quantitative estimate of drug-likeness (QED) is 0.430. The highest BCUT2D eigenvalue weighted by Crippen LogP contribution is 2.52. The number of nitrogens with zero attached hydrogens (tertiary/aromatic N) is 3. The zero-order valence-corrected chi connectivity index (χ0v) is 24.2. The molecule has 0 bridgehead atoms. The number of rotatable bonds is 3. The predicted molar refractivity (Wildman–Crippen MR) is 150 cm³/mol. The Morgan fingerprint density at radius 2 is 1.32 bits per heavy atom. The van der Waals surface area contributed by atoms with E-state index in [1.807, 2.05) is 23.5 Å². The van der Waals surface area contributed by atoms with E-state index in [4.69, 9.17) is 23.7 Å². The number of benzene rings is 3. The molecule has 6 rings (SSSR count). The molecular weight excluding hydrogens is 566 g/mol. The number of hydrogen-bond donors (Lipinski definition) is 0. The highest BCUT2D eigenvalue weighted by molar-refractivity contribution is 8.24. The van der Waals surface area contributed by atoms with Crippen LogP contribution in [0.1, 0.15) is 23.6 Å². The minimum atomic E-state index is -4.94. The lowest BCUT2D eigenvalue weighted by atomic mass is 9.98. The van der Waals surface area contributed by atoms with E-state index in [-0.39, 0.29) is 6.04 Å². The molecule has 204 valence electrons. The molecular formula is C30H26ClN3O4S2. The zero-order valence-electron chi connectivity index (χ0n) is 21.8. The fourth-order valence-corrected chi connectivity index (χ4v) is 7.01. The molecule has 1 atom stereocenters. The standard InChI is InChI=1S/C30H26N3S2.ClHO4/c1-32(2)24-16-12-21(13-17-24)26-20-27(22-8-4-3-5-9-22)33(31-26)25-18-14-23(15-19-25)30-34-28-10-6-7-11-29(28)35-30;2-1(3,4)5/h3-19,27H,20H2,1-2H3;(H,2,3,4,5)/q+1;/p-1. The van der Waals surface area contributed by atoms with E-state index < -0.39 is 10.2 Å². The summed E-state index contributed by atoms with van der Waals surface area (Å²) < 4.78 is 37.5. The summed E-state index contributed by atoms with van der Waals surface area (Å²) in [6.07, 6.45) is 9.77. The first-order valence-corrected chi connectivity index (χ1v) is 15.3. The number of anilines is 1. The van der Waals surface area contributed by atoms with Crippen LogP contribution in [0.3, 0.4) is 0 Å². The molecule has 0 fully saturated rings. The topological polar surface area (TPSA) is 111 Å². The maximum Gasteiger partial charge on any atom is 0.232 e. The monoisotopic (exact) mass is 591 g/mol. The smallest absolute Gasteiger partial charge is 0.232 e. The lowest BCUT2D eigenvalue weighted by molar-refractivity contribution is -2.00. The van der Waals surface area contributed by atoms with Gasteiger partial charge in [0.2, 0.25) is 11.8 Å². The molecule has 3 aliphatic rings. The highest BCUT2D eigenvalue weighted by Gasteiger charge is 2.36. The average Bonchev–Trinajstić information content (AvgIpc) is 3.58. The van der Waals surface area contributed by atoms with Gasteiger partial charge in [-0.05, 0) is 47.1 Å². The molecule has 0 aromatic heterocycles. The van der Waals surface area contributed by atoms with Gasteiger partial charge in [0.25, 0.3) is 0 Å². The molecule has 2 heterocycles. The van der Waals surface area contributed by atoms with Gasteiger partial charge in [-0.15, -0.1) is 10.2 Å². The summed E-state index contributed by atoms with van der Waals surface area (Å²) in [4.78, 5) is 4.81. The molecule has 0 N–H and O–H groups in total. The Labute approximate surface area is 243 Å². The van der Waals surface area contributed by atoms with Crippen LogP contribution in [-0.4, -0.2) is 30.2 Å². The normalized spacial score (nSPS) is 17.9. The third-order valence-corrected chi connectivity index (χ3v) is 9.06. The van der Waals surface area contributed by atoms with Gasteiger partial charge in [0.1, 0.15) is 5.71 Å². The van der Waals surface area contributed by atoms with E-state index in [0.717, 1.165) is 17.8 Å². The SMILES string of the molecule is CN(C)c1ccc(C2=N[N+](=C3C=CC(=C4Sc5ccccc5S4)C=C3)C(c3ccccc3)C2)cc1.[O-][Cl+3]([O-])([O-])[O-]. The molecule has 0 saturated heterocycles. The Balaban J connectivity index is 0.000000595. The first-order valence-electron chi connectivity index (χ1n) is 12.4. The van der Waals surface area contributed by atoms with Gasteiger partial charge in [-0.3, -0.25) is 0 Å². The van der Waals surface area contributed by atoms with Crippen molar-refractivity contribution < 1.29 is 33.6 Å². The van der Waals surface area contributed by atoms with Crippen molar-refractivity contribution in [3.63, 3.8) is 0 Å². The second kappa shape index (κ2) is 12.2. The molecule has 2 aliphatic heterocycles. The Morgan fingerprint density at radius 3 is 1.88 bits per heavy atom. The molecule has 0 radical (unpaired) electrons. The molecule has 10 heteroatoms. The first-order chi connectivity index (χ1) is 19.2. The molecule has 7 nitrogen and oxygen atoms in total. The van der Waals surface area contributed by atoms with Gasteiger partial charge in [-0.2, -0.15) is 0 Å². The maximum absolute atomic E-state index is 8.49. The van der Waals surface area contributed by atoms with Crippen molar-refractivity contribution in [3.8, 4) is 0 Å². The van der Waals surface area contributed by atoms with Crippen molar-refractivity contribution in [2.75, 3.05) is 19.0 Å². The molecule has 1 aliphatic carbocycles. The summed E-state index contributed by atoms with van der Waals surface area (Å²) in [7, 11) is -0.809. The molecule has 0 amide bonds. The first kappa shape index (κ1) is 28.4. The lowest BCUT2D eigenvalue weighted by Gasteiger charge is -2.17. The Kier molecular flexibility index (Phi) is 8.62. The molecule has 1 unspecified atom stereocenters. The van der Waals surface area contributed by atoms with Crippen LogP contribution >= 0.6 is 23.5 Å². The minimum Gasteiger partial charge on any atom is -0.378 e. The van der Waals surface area contributed by atoms with Crippen molar-refractivity contribution in [2.45, 2.75) is 22.3 Å². The summed E-state index contributed by atoms with van der Waals surface area (Å²) in [6.45, 7) is 0. The highest BCUT2D eigenvalue weighted by atomic mass is 35.7. The van der Waals surface area contributed by atoms with Crippen molar-refractivity contribution >= 4 is 40.6 Å². The van der Waals surface area contributed by atoms with Crippen molar-refractivity contribution in [3.05, 3.63) is 124 Å². The van der Waals surface area contributed by atoms with Gasteiger partial charge >= 0.3 is 0 Å². The van der Waals surface area contributed by atoms with Crippen LogP contribution in [0.25, 0.3) is 0 Å². The van der Waals surface area contributed by atoms with E-state index in [0.29, 0.717) is 0 Å². The molecule has 3 aromatic rings. The summed E-state index contributed by atoms with van der Waals surface area (Å²) in [5.41, 5.74) is 7.17. The van der Waals surface area contributed by atoms with Crippen LogP contribution in [0.4, 0.5) is 5.69 Å². The van der Waals surface area contributed by atoms with E-state index in [9.17, 15) is 0 Å². The second-order valence-corrected chi connectivity index (χ2v) is 12.4. The second-order valence-electron chi connectivity index (χ2n) is 9.33. The van der Waals surface area contributed by atoms with Crippen LogP contribution in [-0.2, 0) is 0 Å². The number of hydrazone groups is 1. The fraction of sp³-hybridized carbons (Fsp3) is 0.133. The fourth-order valence-electron chi connectivity index (χ4n) is 4.52. The number of halogens is 1. The molecule has 3 aromatic carbocycles. The van der Waals surface area contributed by atoms with Gasteiger partial charge in [0, 0.05) is 52.9 Å². The van der Waals surface area contributed by atoms with Crippen molar-refractivity contribution in [1.29, 1.82) is 0 Å². The van der Waals surface area contributed by atoms with Crippen molar-refractivity contribution in [2.24, 2.45) is 5.10 Å². The van der Waals surface area contributed by atoms with E-state index >= 15 is 0 Å². The van der Waals surface area contributed by atoms with Gasteiger partial charge in [0.05, 0.1) is 10.7 Å². The van der Waals surface area contributed by atoms with Gasteiger partial charge < -0.3 is 4.90 Å². The predicted octanol–water partition coefficient (Wildman–Crippen LogP) is 2.53. The van der Waals surface area contributed by atoms with Gasteiger partial charge in [-0.25, -0.2) is 18.6 Å². The number of thioether (sulfide) groups is 2. The number of hydrogen-bond acceptors (Lipinski definition) is 8. The summed E-state index contributed by atoms with van der Waals surface area (Å²) >= 11 is 3.72. The summed E-state index contributed by atoms with van der Waals surface area (Å²) in [5, 5.41) is 5.14. The Bertz CT molecular complexity index is 1490. The van der Waals surface area contributed by atoms with Crippen LogP contribution in [0.15, 0.2) is 128 Å². The Hall–Kier alpha value is -3.15. The van der Waals surface area contributed by atoms with Gasteiger partial charge in [-0.1, -0.05) is 82.8 Å². The number of fused-ring (bicyclic) bond motifs is 1. The zero-order chi connectivity index (χ0) is 28.3. The molecule has 0 spiro atoms. The maximum atomic E-state index is 8.49.